The van der Waals surface area contributed by atoms with E-state index in [2.05, 4.69) is 0 Å². The molecule has 3 rings (SSSR count). The van der Waals surface area contributed by atoms with Gasteiger partial charge in [0.05, 0.1) is 17.1 Å². The topological polar surface area (TPSA) is 94.8 Å². The first-order valence-electron chi connectivity index (χ1n) is 10.3. The van der Waals surface area contributed by atoms with Crippen molar-refractivity contribution in [3.05, 3.63) is 52.9 Å². The maximum absolute atomic E-state index is 14.6. The molecule has 174 valence electrons. The van der Waals surface area contributed by atoms with Crippen LogP contribution in [0.3, 0.4) is 0 Å². The van der Waals surface area contributed by atoms with Gasteiger partial charge in [0.25, 0.3) is 0 Å². The van der Waals surface area contributed by atoms with Crippen LogP contribution in [0, 0.1) is 23.1 Å². The van der Waals surface area contributed by atoms with Gasteiger partial charge in [0, 0.05) is 17.1 Å². The first-order valence-corrected chi connectivity index (χ1v) is 10.3. The number of aliphatic hydroxyl groups is 1. The smallest absolute Gasteiger partial charge is 0.416 e. The van der Waals surface area contributed by atoms with E-state index in [9.17, 15) is 42.5 Å². The van der Waals surface area contributed by atoms with E-state index in [1.807, 2.05) is 0 Å². The first-order chi connectivity index (χ1) is 14.9. The Labute approximate surface area is 182 Å². The van der Waals surface area contributed by atoms with Crippen LogP contribution in [-0.4, -0.2) is 33.4 Å². The first kappa shape index (κ1) is 24.0. The van der Waals surface area contributed by atoms with Gasteiger partial charge in [0.2, 0.25) is 0 Å². The van der Waals surface area contributed by atoms with Crippen molar-refractivity contribution in [3.8, 4) is 0 Å². The zero-order valence-corrected chi connectivity index (χ0v) is 17.3. The summed E-state index contributed by atoms with van der Waals surface area (Å²) < 4.78 is 54.1. The number of benzene rings is 1. The third kappa shape index (κ3) is 4.44. The van der Waals surface area contributed by atoms with Gasteiger partial charge < -0.3 is 15.3 Å². The molecule has 32 heavy (non-hydrogen) atoms. The predicted octanol–water partition coefficient (Wildman–Crippen LogP) is 4.90. The predicted molar refractivity (Wildman–Crippen MR) is 107 cm³/mol. The van der Waals surface area contributed by atoms with Gasteiger partial charge in [-0.2, -0.15) is 13.2 Å². The van der Waals surface area contributed by atoms with E-state index in [1.165, 1.54) is 6.92 Å². The molecule has 4 atom stereocenters. The fourth-order valence-electron chi connectivity index (χ4n) is 4.77. The summed E-state index contributed by atoms with van der Waals surface area (Å²) in [7, 11) is 0. The minimum absolute atomic E-state index is 0.112. The number of aliphatic carboxylic acids is 2. The molecule has 2 aliphatic rings. The molecule has 1 aromatic carbocycles. The summed E-state index contributed by atoms with van der Waals surface area (Å²) in [6.45, 7) is 1.42. The number of carboxylic acid groups (broad SMARTS) is 2. The number of allylic oxidation sites excluding steroid dienone is 2. The minimum Gasteiger partial charge on any atom is -0.481 e. The number of hydrogen-bond acceptors (Lipinski definition) is 3. The minimum atomic E-state index is -4.76. The number of carboxylic acids is 2. The average molecular weight is 456 g/mol. The molecule has 0 heterocycles. The molecule has 9 heteroatoms. The van der Waals surface area contributed by atoms with Crippen LogP contribution in [0.25, 0.3) is 5.57 Å². The van der Waals surface area contributed by atoms with Crippen LogP contribution in [0.4, 0.5) is 17.6 Å². The molecule has 1 aromatic rings. The summed E-state index contributed by atoms with van der Waals surface area (Å²) in [5, 5.41) is 30.2. The van der Waals surface area contributed by atoms with Crippen molar-refractivity contribution in [2.75, 3.05) is 0 Å². The Morgan fingerprint density at radius 2 is 1.81 bits per heavy atom. The highest BCUT2D eigenvalue weighted by Crippen LogP contribution is 2.49. The van der Waals surface area contributed by atoms with Crippen LogP contribution >= 0.6 is 0 Å². The van der Waals surface area contributed by atoms with Gasteiger partial charge >= 0.3 is 18.1 Å². The lowest BCUT2D eigenvalue weighted by atomic mass is 9.62. The molecule has 0 aliphatic heterocycles. The Balaban J connectivity index is 2.19. The maximum Gasteiger partial charge on any atom is 0.416 e. The van der Waals surface area contributed by atoms with Crippen molar-refractivity contribution in [1.82, 2.24) is 0 Å². The van der Waals surface area contributed by atoms with Gasteiger partial charge in [-0.15, -0.1) is 0 Å². The second-order valence-electron chi connectivity index (χ2n) is 8.58. The highest BCUT2D eigenvalue weighted by molar-refractivity contribution is 5.97. The molecule has 4 unspecified atom stereocenters. The number of aliphatic hydroxyl groups excluding tert-OH is 1. The van der Waals surface area contributed by atoms with E-state index in [0.29, 0.717) is 31.0 Å². The summed E-state index contributed by atoms with van der Waals surface area (Å²) >= 11 is 0. The van der Waals surface area contributed by atoms with E-state index >= 15 is 0 Å². The molecule has 0 saturated heterocycles. The lowest BCUT2D eigenvalue weighted by molar-refractivity contribution is -0.150. The van der Waals surface area contributed by atoms with Crippen LogP contribution < -0.4 is 0 Å². The van der Waals surface area contributed by atoms with Crippen LogP contribution in [0.1, 0.15) is 50.2 Å². The van der Waals surface area contributed by atoms with E-state index in [-0.39, 0.29) is 17.6 Å². The Morgan fingerprint density at radius 3 is 2.38 bits per heavy atom. The monoisotopic (exact) mass is 456 g/mol. The maximum atomic E-state index is 14.6. The van der Waals surface area contributed by atoms with E-state index in [4.69, 9.17) is 0 Å². The Hall–Kier alpha value is -2.68. The number of halogens is 4. The number of carbonyl (C=O) groups is 2. The highest BCUT2D eigenvalue weighted by Gasteiger charge is 2.49. The van der Waals surface area contributed by atoms with Crippen LogP contribution in [0.2, 0.25) is 0 Å². The van der Waals surface area contributed by atoms with Crippen LogP contribution in [0.5, 0.6) is 0 Å². The normalized spacial score (nSPS) is 28.6. The largest absolute Gasteiger partial charge is 0.481 e. The van der Waals surface area contributed by atoms with Gasteiger partial charge in [-0.05, 0) is 55.0 Å². The molecule has 0 bridgehead atoms. The lowest BCUT2D eigenvalue weighted by Gasteiger charge is -2.41. The Bertz CT molecular complexity index is 981. The molecular weight excluding hydrogens is 432 g/mol. The molecule has 0 spiro atoms. The van der Waals surface area contributed by atoms with Gasteiger partial charge in [0.15, 0.2) is 0 Å². The number of hydrogen-bond donors (Lipinski definition) is 3. The van der Waals surface area contributed by atoms with Crippen LogP contribution in [-0.2, 0) is 15.8 Å². The van der Waals surface area contributed by atoms with E-state index < -0.39 is 58.4 Å². The molecule has 5 nitrogen and oxygen atoms in total. The molecule has 2 aliphatic carbocycles. The quantitative estimate of drug-likeness (QED) is 0.548. The summed E-state index contributed by atoms with van der Waals surface area (Å²) in [5.41, 5.74) is -4.08. The molecule has 0 amide bonds. The zero-order chi connectivity index (χ0) is 23.8. The third-order valence-corrected chi connectivity index (χ3v) is 6.68. The fourth-order valence-corrected chi connectivity index (χ4v) is 4.77. The van der Waals surface area contributed by atoms with Gasteiger partial charge in [0.1, 0.15) is 5.82 Å². The van der Waals surface area contributed by atoms with Crippen molar-refractivity contribution < 1.29 is 42.5 Å². The summed E-state index contributed by atoms with van der Waals surface area (Å²) in [6.07, 6.45) is -0.883. The van der Waals surface area contributed by atoms with Crippen molar-refractivity contribution in [2.24, 2.45) is 17.3 Å². The number of alkyl halides is 3. The van der Waals surface area contributed by atoms with Crippen molar-refractivity contribution in [1.29, 1.82) is 0 Å². The van der Waals surface area contributed by atoms with Crippen molar-refractivity contribution in [3.63, 3.8) is 0 Å². The molecular formula is C23H24F4O5. The standard InChI is InChI=1S/C23H24F4O5/c1-12-16(20(29)30)8-14(17-9-15(23(25,26)27)6-7-18(17)24)11-22(12,21(31)32)10-13-4-2-3-5-19(13)28/h6-9,11-13,19,28H,2-5,10H2,1H3,(H,29,30)(H,31,32). The summed E-state index contributed by atoms with van der Waals surface area (Å²) in [4.78, 5) is 24.4. The van der Waals surface area contributed by atoms with E-state index in [1.54, 1.807) is 0 Å². The van der Waals surface area contributed by atoms with Gasteiger partial charge in [-0.1, -0.05) is 25.8 Å². The third-order valence-electron chi connectivity index (χ3n) is 6.68. The summed E-state index contributed by atoms with van der Waals surface area (Å²) in [5.74, 6) is -5.33. The molecule has 1 fully saturated rings. The second-order valence-corrected chi connectivity index (χ2v) is 8.58. The van der Waals surface area contributed by atoms with Crippen molar-refractivity contribution in [2.45, 2.75) is 51.3 Å². The van der Waals surface area contributed by atoms with Crippen molar-refractivity contribution >= 4 is 17.5 Å². The highest BCUT2D eigenvalue weighted by atomic mass is 19.4. The Kier molecular flexibility index (Phi) is 6.51. The number of rotatable bonds is 5. The molecule has 0 aromatic heterocycles. The Morgan fingerprint density at radius 1 is 1.16 bits per heavy atom. The van der Waals surface area contributed by atoms with Gasteiger partial charge in [-0.25, -0.2) is 9.18 Å². The lowest BCUT2D eigenvalue weighted by Crippen LogP contribution is -2.43. The van der Waals surface area contributed by atoms with Gasteiger partial charge in [-0.3, -0.25) is 4.79 Å². The zero-order valence-electron chi connectivity index (χ0n) is 17.3. The molecule has 3 N–H and O–H groups in total. The fraction of sp³-hybridized carbons (Fsp3) is 0.478. The van der Waals surface area contributed by atoms with E-state index in [0.717, 1.165) is 25.0 Å². The molecule has 1 saturated carbocycles. The SMILES string of the molecule is CC1C(C(=O)O)=CC(c2cc(C(F)(F)F)ccc2F)=CC1(CC1CCCCC1O)C(=O)O. The molecule has 0 radical (unpaired) electrons. The van der Waals surface area contributed by atoms with Crippen LogP contribution in [0.15, 0.2) is 35.9 Å². The average Bonchev–Trinajstić information content (AvgIpc) is 2.70. The second kappa shape index (κ2) is 8.69. The summed E-state index contributed by atoms with van der Waals surface area (Å²) in [6, 6.07) is 1.74.